The molecule has 0 unspecified atom stereocenters. The lowest BCUT2D eigenvalue weighted by molar-refractivity contribution is 0.108. The van der Waals surface area contributed by atoms with Gasteiger partial charge in [0, 0.05) is 11.8 Å². The normalized spacial score (nSPS) is 11.9. The lowest BCUT2D eigenvalue weighted by Crippen LogP contribution is -1.95. The van der Waals surface area contributed by atoms with E-state index in [9.17, 15) is 13.2 Å². The molecule has 7 heteroatoms. The number of fused-ring (bicyclic) bond motifs is 1. The third-order valence-electron chi connectivity index (χ3n) is 1.91. The highest BCUT2D eigenvalue weighted by Gasteiger charge is 2.14. The van der Waals surface area contributed by atoms with Gasteiger partial charge in [-0.05, 0) is 29.8 Å². The number of carbonyl (C=O) groups is 1. The van der Waals surface area contributed by atoms with Crippen LogP contribution in [-0.2, 0) is 9.84 Å². The highest BCUT2D eigenvalue weighted by atomic mass is 35.5. The molecule has 2 aromatic rings. The number of hydrogen-bond acceptors (Lipinski definition) is 5. The number of sulfone groups is 1. The molecule has 0 radical (unpaired) electrons. The average Bonchev–Trinajstić information content (AvgIpc) is 2.58. The van der Waals surface area contributed by atoms with Crippen LogP contribution in [0, 0.1) is 0 Å². The van der Waals surface area contributed by atoms with Crippen LogP contribution in [0.1, 0.15) is 10.4 Å². The first-order chi connectivity index (χ1) is 7.38. The highest BCUT2D eigenvalue weighted by molar-refractivity contribution is 7.92. The molecule has 0 aliphatic heterocycles. The number of benzene rings is 1. The fraction of sp³-hybridized carbons (Fsp3) is 0.111. The van der Waals surface area contributed by atoms with Crippen LogP contribution in [0.25, 0.3) is 10.2 Å². The van der Waals surface area contributed by atoms with E-state index >= 15 is 0 Å². The summed E-state index contributed by atoms with van der Waals surface area (Å²) in [7, 11) is -3.31. The quantitative estimate of drug-likeness (QED) is 0.787. The third kappa shape index (κ3) is 2.09. The van der Waals surface area contributed by atoms with E-state index in [0.717, 1.165) is 17.6 Å². The average molecular weight is 276 g/mol. The molecule has 0 saturated carbocycles. The molecule has 0 N–H and O–H groups in total. The van der Waals surface area contributed by atoms with E-state index < -0.39 is 15.1 Å². The molecule has 0 aliphatic carbocycles. The number of rotatable bonds is 2. The summed E-state index contributed by atoms with van der Waals surface area (Å²) >= 11 is 6.39. The SMILES string of the molecule is CS(=O)(=O)c1nc2cc(C(=O)Cl)ccc2s1. The molecule has 0 amide bonds. The molecule has 1 aromatic carbocycles. The Bertz CT molecular complexity index is 675. The van der Waals surface area contributed by atoms with Gasteiger partial charge in [0.1, 0.15) is 0 Å². The van der Waals surface area contributed by atoms with Crippen molar-refractivity contribution in [2.75, 3.05) is 6.26 Å². The van der Waals surface area contributed by atoms with Crippen molar-refractivity contribution >= 4 is 48.2 Å². The summed E-state index contributed by atoms with van der Waals surface area (Å²) in [5, 5.41) is -0.587. The largest absolute Gasteiger partial charge is 0.276 e. The first kappa shape index (κ1) is 11.5. The fourth-order valence-corrected chi connectivity index (χ4v) is 3.12. The van der Waals surface area contributed by atoms with Crippen molar-refractivity contribution in [1.29, 1.82) is 0 Å². The summed E-state index contributed by atoms with van der Waals surface area (Å²) in [6.07, 6.45) is 1.10. The Balaban J connectivity index is 2.68. The topological polar surface area (TPSA) is 64.1 Å². The van der Waals surface area contributed by atoms with Crippen molar-refractivity contribution in [1.82, 2.24) is 4.98 Å². The van der Waals surface area contributed by atoms with Gasteiger partial charge in [0.25, 0.3) is 5.24 Å². The second-order valence-electron chi connectivity index (χ2n) is 3.21. The Hall–Kier alpha value is -0.980. The van der Waals surface area contributed by atoms with Gasteiger partial charge in [-0.1, -0.05) is 0 Å². The Kier molecular flexibility index (Phi) is 2.73. The van der Waals surface area contributed by atoms with Crippen LogP contribution in [0.4, 0.5) is 0 Å². The zero-order chi connectivity index (χ0) is 11.9. The van der Waals surface area contributed by atoms with Crippen LogP contribution in [0.3, 0.4) is 0 Å². The molecule has 16 heavy (non-hydrogen) atoms. The molecular formula is C9H6ClNO3S2. The molecule has 0 aliphatic rings. The third-order valence-corrected chi connectivity index (χ3v) is 4.85. The molecule has 84 valence electrons. The van der Waals surface area contributed by atoms with Crippen molar-refractivity contribution in [2.24, 2.45) is 0 Å². The predicted octanol–water partition coefficient (Wildman–Crippen LogP) is 2.08. The smallest absolute Gasteiger partial charge is 0.252 e. The van der Waals surface area contributed by atoms with E-state index in [-0.39, 0.29) is 4.34 Å². The molecule has 1 aromatic heterocycles. The number of thiazole rings is 1. The molecule has 2 rings (SSSR count). The van der Waals surface area contributed by atoms with Crippen LogP contribution in [0.15, 0.2) is 22.5 Å². The number of hydrogen-bond donors (Lipinski definition) is 0. The minimum atomic E-state index is -3.31. The van der Waals surface area contributed by atoms with Gasteiger partial charge in [-0.15, -0.1) is 11.3 Å². The summed E-state index contributed by atoms with van der Waals surface area (Å²) < 4.78 is 23.3. The lowest BCUT2D eigenvalue weighted by atomic mass is 10.2. The molecule has 4 nitrogen and oxygen atoms in total. The van der Waals surface area contributed by atoms with E-state index in [2.05, 4.69) is 4.98 Å². The van der Waals surface area contributed by atoms with Crippen LogP contribution in [0.5, 0.6) is 0 Å². The highest BCUT2D eigenvalue weighted by Crippen LogP contribution is 2.26. The summed E-state index contributed by atoms with van der Waals surface area (Å²) in [4.78, 5) is 14.9. The van der Waals surface area contributed by atoms with Gasteiger partial charge in [-0.3, -0.25) is 4.79 Å². The molecule has 0 bridgehead atoms. The first-order valence-corrected chi connectivity index (χ1v) is 7.27. The zero-order valence-electron chi connectivity index (χ0n) is 8.10. The van der Waals surface area contributed by atoms with Gasteiger partial charge in [-0.2, -0.15) is 0 Å². The maximum absolute atomic E-state index is 11.3. The van der Waals surface area contributed by atoms with E-state index in [1.54, 1.807) is 12.1 Å². The van der Waals surface area contributed by atoms with Crippen LogP contribution in [0.2, 0.25) is 0 Å². The van der Waals surface area contributed by atoms with Gasteiger partial charge >= 0.3 is 0 Å². The van der Waals surface area contributed by atoms with Gasteiger partial charge in [-0.25, -0.2) is 13.4 Å². The summed E-state index contributed by atoms with van der Waals surface area (Å²) in [5.41, 5.74) is 0.774. The molecule has 1 heterocycles. The molecule has 0 fully saturated rings. The maximum Gasteiger partial charge on any atom is 0.252 e. The molecule has 0 atom stereocenters. The van der Waals surface area contributed by atoms with Gasteiger partial charge in [0.2, 0.25) is 14.2 Å². The minimum absolute atomic E-state index is 0.0432. The van der Waals surface area contributed by atoms with Crippen molar-refractivity contribution in [3.05, 3.63) is 23.8 Å². The number of carbonyl (C=O) groups excluding carboxylic acids is 1. The van der Waals surface area contributed by atoms with Crippen molar-refractivity contribution in [3.63, 3.8) is 0 Å². The van der Waals surface area contributed by atoms with Crippen LogP contribution >= 0.6 is 22.9 Å². The Morgan fingerprint density at radius 2 is 2.12 bits per heavy atom. The molecular weight excluding hydrogens is 270 g/mol. The van der Waals surface area contributed by atoms with Crippen molar-refractivity contribution in [2.45, 2.75) is 4.34 Å². The van der Waals surface area contributed by atoms with Gasteiger partial charge < -0.3 is 0 Å². The van der Waals surface area contributed by atoms with Crippen molar-refractivity contribution < 1.29 is 13.2 Å². The predicted molar refractivity (Wildman–Crippen MR) is 62.9 cm³/mol. The van der Waals surface area contributed by atoms with Crippen molar-refractivity contribution in [3.8, 4) is 0 Å². The van der Waals surface area contributed by atoms with Gasteiger partial charge in [0.05, 0.1) is 10.2 Å². The van der Waals surface area contributed by atoms with Gasteiger partial charge in [0.15, 0.2) is 0 Å². The minimum Gasteiger partial charge on any atom is -0.276 e. The van der Waals surface area contributed by atoms with Crippen LogP contribution in [-0.4, -0.2) is 24.9 Å². The number of nitrogens with zero attached hydrogens (tertiary/aromatic N) is 1. The standard InChI is InChI=1S/C9H6ClNO3S2/c1-16(13,14)9-11-6-4-5(8(10)12)2-3-7(6)15-9/h2-4H,1H3. The molecule has 0 saturated heterocycles. The van der Waals surface area contributed by atoms with Crippen LogP contribution < -0.4 is 0 Å². The zero-order valence-corrected chi connectivity index (χ0v) is 10.5. The number of halogens is 1. The Morgan fingerprint density at radius 3 is 2.69 bits per heavy atom. The Labute approximate surface area is 101 Å². The maximum atomic E-state index is 11.3. The van der Waals surface area contributed by atoms with E-state index in [4.69, 9.17) is 11.6 Å². The second-order valence-corrected chi connectivity index (χ2v) is 6.77. The van der Waals surface area contributed by atoms with E-state index in [1.807, 2.05) is 0 Å². The van der Waals surface area contributed by atoms with E-state index in [0.29, 0.717) is 15.8 Å². The summed E-state index contributed by atoms with van der Waals surface area (Å²) in [5.74, 6) is 0. The van der Waals surface area contributed by atoms with E-state index in [1.165, 1.54) is 6.07 Å². The summed E-state index contributed by atoms with van der Waals surface area (Å²) in [6, 6.07) is 4.66. The summed E-state index contributed by atoms with van der Waals surface area (Å²) in [6.45, 7) is 0. The Morgan fingerprint density at radius 1 is 1.44 bits per heavy atom. The second kappa shape index (κ2) is 3.80. The number of aromatic nitrogens is 1. The monoisotopic (exact) mass is 275 g/mol. The first-order valence-electron chi connectivity index (χ1n) is 4.18. The fourth-order valence-electron chi connectivity index (χ4n) is 1.19. The molecule has 0 spiro atoms. The lowest BCUT2D eigenvalue weighted by Gasteiger charge is -1.91.